The van der Waals surface area contributed by atoms with Crippen LogP contribution in [-0.4, -0.2) is 37.6 Å². The van der Waals surface area contributed by atoms with Crippen LogP contribution in [0, 0.1) is 0 Å². The second kappa shape index (κ2) is 7.19. The van der Waals surface area contributed by atoms with Crippen LogP contribution in [0.2, 0.25) is 0 Å². The van der Waals surface area contributed by atoms with Crippen LogP contribution in [0.1, 0.15) is 68.7 Å². The van der Waals surface area contributed by atoms with Crippen LogP contribution in [0.4, 0.5) is 4.79 Å². The monoisotopic (exact) mass is 354 g/mol. The summed E-state index contributed by atoms with van der Waals surface area (Å²) in [5, 5.41) is 19.0. The van der Waals surface area contributed by atoms with Crippen molar-refractivity contribution in [3.63, 3.8) is 0 Å². The Labute approximate surface area is 153 Å². The van der Waals surface area contributed by atoms with Gasteiger partial charge >= 0.3 is 6.03 Å². The summed E-state index contributed by atoms with van der Waals surface area (Å²) in [6.45, 7) is 0.720. The predicted octanol–water partition coefficient (Wildman–Crippen LogP) is 3.63. The molecule has 1 aromatic heterocycles. The lowest BCUT2D eigenvalue weighted by atomic mass is 9.83. The van der Waals surface area contributed by atoms with Crippen molar-refractivity contribution < 1.29 is 9.90 Å². The van der Waals surface area contributed by atoms with Crippen LogP contribution < -0.4 is 0 Å². The molecule has 0 spiro atoms. The number of hydrogen-bond acceptors (Lipinski definition) is 4. The minimum absolute atomic E-state index is 0.0721. The van der Waals surface area contributed by atoms with Crippen LogP contribution in [0.3, 0.4) is 0 Å². The molecule has 0 bridgehead atoms. The number of carbonyl (C=O) groups is 1. The van der Waals surface area contributed by atoms with Crippen LogP contribution in [0.25, 0.3) is 0 Å². The molecule has 1 amide bonds. The summed E-state index contributed by atoms with van der Waals surface area (Å²) in [5.74, 6) is 0. The molecule has 1 aliphatic carbocycles. The third-order valence-corrected chi connectivity index (χ3v) is 5.78. The van der Waals surface area contributed by atoms with Gasteiger partial charge in [-0.05, 0) is 37.7 Å². The fourth-order valence-corrected chi connectivity index (χ4v) is 4.28. The second-order valence-electron chi connectivity index (χ2n) is 7.54. The zero-order valence-electron chi connectivity index (χ0n) is 15.0. The van der Waals surface area contributed by atoms with E-state index < -0.39 is 5.60 Å². The Kier molecular flexibility index (Phi) is 4.76. The maximum atomic E-state index is 13.1. The fourth-order valence-electron chi connectivity index (χ4n) is 4.28. The van der Waals surface area contributed by atoms with Crippen LogP contribution in [-0.2, 0) is 5.60 Å². The summed E-state index contributed by atoms with van der Waals surface area (Å²) in [4.78, 5) is 15.0. The molecule has 2 fully saturated rings. The maximum absolute atomic E-state index is 13.1. The Morgan fingerprint density at radius 1 is 1.08 bits per heavy atom. The topological polar surface area (TPSA) is 71.2 Å². The molecule has 6 heteroatoms. The lowest BCUT2D eigenvalue weighted by Gasteiger charge is -2.35. The SMILES string of the molecule is O=C(N1CCCC[C@H]1c1ccccc1)n1cc(C2(O)CCCCC2)nn1. The molecule has 0 unspecified atom stereocenters. The number of nitrogens with zero attached hydrogens (tertiary/aromatic N) is 4. The first kappa shape index (κ1) is 17.2. The zero-order chi connectivity index (χ0) is 18.0. The van der Waals surface area contributed by atoms with Gasteiger partial charge in [0.1, 0.15) is 11.3 Å². The zero-order valence-corrected chi connectivity index (χ0v) is 15.0. The van der Waals surface area contributed by atoms with Crippen molar-refractivity contribution in [3.05, 3.63) is 47.8 Å². The Hall–Kier alpha value is -2.21. The number of carbonyl (C=O) groups excluding carboxylic acids is 1. The molecule has 0 radical (unpaired) electrons. The van der Waals surface area contributed by atoms with Gasteiger partial charge in [-0.2, -0.15) is 4.68 Å². The smallest absolute Gasteiger partial charge is 0.346 e. The van der Waals surface area contributed by atoms with Crippen molar-refractivity contribution in [2.45, 2.75) is 63.0 Å². The van der Waals surface area contributed by atoms with E-state index in [1.54, 1.807) is 6.20 Å². The first-order chi connectivity index (χ1) is 12.7. The summed E-state index contributed by atoms with van der Waals surface area (Å²) in [5.41, 5.74) is 0.753. The predicted molar refractivity (Wildman–Crippen MR) is 97.5 cm³/mol. The van der Waals surface area contributed by atoms with Gasteiger partial charge < -0.3 is 10.0 Å². The van der Waals surface area contributed by atoms with E-state index in [2.05, 4.69) is 22.4 Å². The summed E-state index contributed by atoms with van der Waals surface area (Å²) in [6, 6.07) is 10.1. The Morgan fingerprint density at radius 2 is 1.85 bits per heavy atom. The van der Waals surface area contributed by atoms with Crippen LogP contribution in [0.5, 0.6) is 0 Å². The molecule has 1 aliphatic heterocycles. The quantitative estimate of drug-likeness (QED) is 0.894. The normalized spacial score (nSPS) is 23.0. The lowest BCUT2D eigenvalue weighted by molar-refractivity contribution is -0.00472. The molecular weight excluding hydrogens is 328 g/mol. The Bertz CT molecular complexity index is 752. The average molecular weight is 354 g/mol. The highest BCUT2D eigenvalue weighted by atomic mass is 16.3. The Morgan fingerprint density at radius 3 is 2.62 bits per heavy atom. The number of piperidine rings is 1. The summed E-state index contributed by atoms with van der Waals surface area (Å²) in [7, 11) is 0. The van der Waals surface area contributed by atoms with Crippen molar-refractivity contribution in [3.8, 4) is 0 Å². The fraction of sp³-hybridized carbons (Fsp3) is 0.550. The van der Waals surface area contributed by atoms with E-state index in [9.17, 15) is 9.90 Å². The standard InChI is InChI=1S/C20H26N4O2/c25-19(23-14-8-5-11-17(23)16-9-3-1-4-10-16)24-15-18(21-22-24)20(26)12-6-2-7-13-20/h1,3-4,9-10,15,17,26H,2,5-8,11-14H2/t17-/m0/s1. The molecule has 1 saturated carbocycles. The number of likely N-dealkylation sites (tertiary alicyclic amines) is 1. The number of aromatic nitrogens is 3. The second-order valence-corrected chi connectivity index (χ2v) is 7.54. The number of benzene rings is 1. The van der Waals surface area contributed by atoms with Crippen LogP contribution in [0.15, 0.2) is 36.5 Å². The van der Waals surface area contributed by atoms with Gasteiger partial charge in [0.15, 0.2) is 0 Å². The van der Waals surface area contributed by atoms with E-state index in [0.29, 0.717) is 18.5 Å². The van der Waals surface area contributed by atoms with Gasteiger partial charge in [0.05, 0.1) is 12.2 Å². The molecule has 2 aliphatic rings. The largest absolute Gasteiger partial charge is 0.383 e. The first-order valence-electron chi connectivity index (χ1n) is 9.68. The van der Waals surface area contributed by atoms with Gasteiger partial charge in [0.2, 0.25) is 0 Å². The highest BCUT2D eigenvalue weighted by molar-refractivity contribution is 5.76. The molecular formula is C20H26N4O2. The van der Waals surface area contributed by atoms with Crippen molar-refractivity contribution in [1.82, 2.24) is 19.9 Å². The number of hydrogen-bond donors (Lipinski definition) is 1. The van der Waals surface area contributed by atoms with E-state index >= 15 is 0 Å². The third kappa shape index (κ3) is 3.26. The first-order valence-corrected chi connectivity index (χ1v) is 9.68. The molecule has 4 rings (SSSR count). The molecule has 138 valence electrons. The molecule has 2 heterocycles. The van der Waals surface area contributed by atoms with Crippen LogP contribution >= 0.6 is 0 Å². The molecule has 1 N–H and O–H groups in total. The highest BCUT2D eigenvalue weighted by Gasteiger charge is 2.35. The number of aliphatic hydroxyl groups is 1. The van der Waals surface area contributed by atoms with Crippen molar-refractivity contribution >= 4 is 6.03 Å². The minimum Gasteiger partial charge on any atom is -0.383 e. The van der Waals surface area contributed by atoms with Gasteiger partial charge in [-0.3, -0.25) is 0 Å². The lowest BCUT2D eigenvalue weighted by Crippen LogP contribution is -2.41. The Balaban J connectivity index is 1.56. The molecule has 26 heavy (non-hydrogen) atoms. The van der Waals surface area contributed by atoms with E-state index in [1.807, 2.05) is 23.1 Å². The summed E-state index contributed by atoms with van der Waals surface area (Å²) >= 11 is 0. The van der Waals surface area contributed by atoms with Gasteiger partial charge in [0.25, 0.3) is 0 Å². The third-order valence-electron chi connectivity index (χ3n) is 5.78. The average Bonchev–Trinajstić information content (AvgIpc) is 3.20. The van der Waals surface area contributed by atoms with E-state index in [-0.39, 0.29) is 12.1 Å². The number of amides is 1. The molecule has 1 atom stereocenters. The van der Waals surface area contributed by atoms with E-state index in [1.165, 1.54) is 4.68 Å². The van der Waals surface area contributed by atoms with Gasteiger partial charge in [-0.15, -0.1) is 5.10 Å². The maximum Gasteiger partial charge on any atom is 0.346 e. The van der Waals surface area contributed by atoms with Crippen molar-refractivity contribution in [2.75, 3.05) is 6.54 Å². The molecule has 1 saturated heterocycles. The van der Waals surface area contributed by atoms with Gasteiger partial charge in [-0.1, -0.05) is 54.8 Å². The number of rotatable bonds is 2. The van der Waals surface area contributed by atoms with E-state index in [0.717, 1.165) is 50.6 Å². The molecule has 2 aromatic rings. The highest BCUT2D eigenvalue weighted by Crippen LogP contribution is 2.36. The van der Waals surface area contributed by atoms with Crippen molar-refractivity contribution in [2.24, 2.45) is 0 Å². The minimum atomic E-state index is -0.933. The molecule has 1 aromatic carbocycles. The van der Waals surface area contributed by atoms with Gasteiger partial charge in [0, 0.05) is 6.54 Å². The summed E-state index contributed by atoms with van der Waals surface area (Å²) in [6.07, 6.45) is 9.20. The van der Waals surface area contributed by atoms with Crippen molar-refractivity contribution in [1.29, 1.82) is 0 Å². The molecule has 6 nitrogen and oxygen atoms in total. The van der Waals surface area contributed by atoms with Gasteiger partial charge in [-0.25, -0.2) is 4.79 Å². The van der Waals surface area contributed by atoms with E-state index in [4.69, 9.17) is 0 Å². The summed E-state index contributed by atoms with van der Waals surface area (Å²) < 4.78 is 1.31.